The summed E-state index contributed by atoms with van der Waals surface area (Å²) in [6.45, 7) is 0.161. The molecule has 0 unspecified atom stereocenters. The second kappa shape index (κ2) is 4.94. The molecular weight excluding hydrogens is 268 g/mol. The number of rotatable bonds is 3. The predicted molar refractivity (Wildman–Crippen MR) is 76.3 cm³/mol. The van der Waals surface area contributed by atoms with E-state index >= 15 is 0 Å². The van der Waals surface area contributed by atoms with Crippen molar-refractivity contribution >= 4 is 17.5 Å². The number of hydrogen-bond acceptors (Lipinski definition) is 3. The number of nitroso groups, excluding NO2 is 1. The lowest BCUT2D eigenvalue weighted by Crippen LogP contribution is -2.29. The molecule has 5 heteroatoms. The van der Waals surface area contributed by atoms with Crippen LogP contribution in [0.4, 0.5) is 5.69 Å². The van der Waals surface area contributed by atoms with Crippen LogP contribution in [0.15, 0.2) is 48.5 Å². The number of fused-ring (bicyclic) bond motifs is 1. The molecule has 1 aliphatic heterocycles. The van der Waals surface area contributed by atoms with E-state index in [1.807, 2.05) is 0 Å². The molecule has 5 nitrogen and oxygen atoms in total. The number of carbonyl (C=O) groups is 2. The summed E-state index contributed by atoms with van der Waals surface area (Å²) in [5.41, 5.74) is 2.09. The Morgan fingerprint density at radius 2 is 1.57 bits per heavy atom. The van der Waals surface area contributed by atoms with Crippen molar-refractivity contribution in [1.82, 2.24) is 4.90 Å². The molecule has 2 aromatic rings. The number of amides is 2. The fraction of sp³-hybridized carbons (Fsp3) is 0.125. The maximum atomic E-state index is 12.3. The summed E-state index contributed by atoms with van der Waals surface area (Å²) in [7, 11) is 1.40. The average molecular weight is 281 g/mol. The van der Waals surface area contributed by atoms with E-state index in [1.54, 1.807) is 48.5 Å². The maximum Gasteiger partial charge on any atom is 0.261 e. The summed E-state index contributed by atoms with van der Waals surface area (Å²) >= 11 is 0. The van der Waals surface area contributed by atoms with Gasteiger partial charge in [0.25, 0.3) is 17.5 Å². The Bertz CT molecular complexity index is 733. The number of nitrogens with zero attached hydrogens (tertiary/aromatic N) is 2. The first-order chi connectivity index (χ1) is 10.1. The minimum absolute atomic E-state index is 0.161. The van der Waals surface area contributed by atoms with Crippen LogP contribution in [0.1, 0.15) is 26.3 Å². The first-order valence-corrected chi connectivity index (χ1v) is 6.53. The highest BCUT2D eigenvalue weighted by Crippen LogP contribution is 2.25. The van der Waals surface area contributed by atoms with E-state index in [2.05, 4.69) is 0 Å². The summed E-state index contributed by atoms with van der Waals surface area (Å²) in [5.74, 6) is -0.590. The highest BCUT2D eigenvalue weighted by molar-refractivity contribution is 6.21. The third-order valence-electron chi connectivity index (χ3n) is 3.49. The Hall–Kier alpha value is -2.82. The molecule has 0 saturated carbocycles. The van der Waals surface area contributed by atoms with E-state index in [9.17, 15) is 14.5 Å². The van der Waals surface area contributed by atoms with Gasteiger partial charge in [0.2, 0.25) is 0 Å². The van der Waals surface area contributed by atoms with Crippen LogP contribution in [0.3, 0.4) is 0 Å². The van der Waals surface area contributed by atoms with Crippen LogP contribution in [0, 0.1) is 4.91 Å². The highest BCUT2D eigenvalue weighted by Gasteiger charge is 2.35. The summed E-state index contributed by atoms with van der Waals surface area (Å²) < 4.78 is 0.742. The normalized spacial score (nSPS) is 13.5. The standard InChI is InChI=1S/C16H13N2O3/c1-17(21)12-6-4-5-11(9-12)10-18-15(19)13-7-2-3-8-14(13)16(18)20/h2-9H,10H2,1H3/q+1. The van der Waals surface area contributed by atoms with Gasteiger partial charge in [-0.1, -0.05) is 24.3 Å². The zero-order chi connectivity index (χ0) is 15.0. The van der Waals surface area contributed by atoms with Gasteiger partial charge < -0.3 is 0 Å². The van der Waals surface area contributed by atoms with Gasteiger partial charge in [0.1, 0.15) is 0 Å². The van der Waals surface area contributed by atoms with Gasteiger partial charge in [-0.2, -0.15) is 0 Å². The van der Waals surface area contributed by atoms with Crippen LogP contribution < -0.4 is 0 Å². The third-order valence-corrected chi connectivity index (χ3v) is 3.49. The lowest BCUT2D eigenvalue weighted by atomic mass is 10.1. The predicted octanol–water partition coefficient (Wildman–Crippen LogP) is 2.52. The van der Waals surface area contributed by atoms with E-state index < -0.39 is 0 Å². The molecule has 21 heavy (non-hydrogen) atoms. The molecule has 0 aliphatic carbocycles. The summed E-state index contributed by atoms with van der Waals surface area (Å²) in [6, 6.07) is 13.7. The molecule has 0 radical (unpaired) electrons. The lowest BCUT2D eigenvalue weighted by molar-refractivity contribution is -0.428. The Kier molecular flexibility index (Phi) is 3.10. The van der Waals surface area contributed by atoms with Gasteiger partial charge in [0.05, 0.1) is 17.7 Å². The van der Waals surface area contributed by atoms with Crippen LogP contribution >= 0.6 is 0 Å². The molecule has 0 aromatic heterocycles. The van der Waals surface area contributed by atoms with Gasteiger partial charge in [-0.05, 0) is 17.7 Å². The molecule has 0 atom stereocenters. The van der Waals surface area contributed by atoms with Crippen LogP contribution in [-0.4, -0.2) is 28.5 Å². The van der Waals surface area contributed by atoms with Crippen molar-refractivity contribution < 1.29 is 14.3 Å². The van der Waals surface area contributed by atoms with Crippen molar-refractivity contribution in [3.63, 3.8) is 0 Å². The van der Waals surface area contributed by atoms with Gasteiger partial charge in [-0.15, -0.1) is 0 Å². The Balaban J connectivity index is 1.90. The Labute approximate surface area is 121 Å². The number of carbonyl (C=O) groups excluding carboxylic acids is 2. The van der Waals surface area contributed by atoms with Crippen molar-refractivity contribution in [3.8, 4) is 0 Å². The zero-order valence-electron chi connectivity index (χ0n) is 11.4. The molecule has 104 valence electrons. The van der Waals surface area contributed by atoms with Gasteiger partial charge in [0.15, 0.2) is 7.05 Å². The minimum atomic E-state index is -0.295. The molecule has 0 bridgehead atoms. The molecule has 3 rings (SSSR count). The molecule has 0 fully saturated rings. The topological polar surface area (TPSA) is 57.5 Å². The van der Waals surface area contributed by atoms with E-state index in [4.69, 9.17) is 0 Å². The molecule has 0 saturated heterocycles. The van der Waals surface area contributed by atoms with Crippen molar-refractivity contribution in [3.05, 3.63) is 70.1 Å². The van der Waals surface area contributed by atoms with Crippen LogP contribution in [0.5, 0.6) is 0 Å². The van der Waals surface area contributed by atoms with Crippen molar-refractivity contribution in [1.29, 1.82) is 0 Å². The SMILES string of the molecule is C[N+](=O)c1cccc(CN2C(=O)c3ccccc3C2=O)c1. The Morgan fingerprint density at radius 3 is 2.14 bits per heavy atom. The maximum absolute atomic E-state index is 12.3. The largest absolute Gasteiger partial charge is 0.270 e. The van der Waals surface area contributed by atoms with Crippen molar-refractivity contribution in [2.75, 3.05) is 7.05 Å². The van der Waals surface area contributed by atoms with E-state index in [-0.39, 0.29) is 18.4 Å². The third kappa shape index (κ3) is 2.23. The van der Waals surface area contributed by atoms with E-state index in [0.717, 1.165) is 10.3 Å². The second-order valence-electron chi connectivity index (χ2n) is 4.91. The number of benzene rings is 2. The summed E-state index contributed by atoms with van der Waals surface area (Å²) in [4.78, 5) is 37.0. The first-order valence-electron chi connectivity index (χ1n) is 6.53. The van der Waals surface area contributed by atoms with E-state index in [0.29, 0.717) is 16.8 Å². The lowest BCUT2D eigenvalue weighted by Gasteiger charge is -2.13. The zero-order valence-corrected chi connectivity index (χ0v) is 11.4. The summed E-state index contributed by atoms with van der Waals surface area (Å²) in [6.07, 6.45) is 0. The van der Waals surface area contributed by atoms with Gasteiger partial charge in [0, 0.05) is 21.8 Å². The first kappa shape index (κ1) is 13.2. The van der Waals surface area contributed by atoms with Crippen molar-refractivity contribution in [2.45, 2.75) is 6.54 Å². The van der Waals surface area contributed by atoms with Gasteiger partial charge in [-0.25, -0.2) is 0 Å². The quantitative estimate of drug-likeness (QED) is 0.641. The Morgan fingerprint density at radius 1 is 0.952 bits per heavy atom. The smallest absolute Gasteiger partial charge is 0.261 e. The molecule has 0 spiro atoms. The van der Waals surface area contributed by atoms with Gasteiger partial charge >= 0.3 is 0 Å². The molecule has 0 N–H and O–H groups in total. The van der Waals surface area contributed by atoms with Crippen LogP contribution in [0.2, 0.25) is 0 Å². The van der Waals surface area contributed by atoms with Gasteiger partial charge in [-0.3, -0.25) is 14.5 Å². The molecule has 1 aliphatic rings. The molecule has 1 heterocycles. The number of imide groups is 1. The molecule has 2 aromatic carbocycles. The highest BCUT2D eigenvalue weighted by atomic mass is 16.3. The van der Waals surface area contributed by atoms with Crippen LogP contribution in [-0.2, 0) is 6.54 Å². The molecule has 2 amide bonds. The number of hydrogen-bond donors (Lipinski definition) is 0. The fourth-order valence-electron chi connectivity index (χ4n) is 2.42. The van der Waals surface area contributed by atoms with E-state index in [1.165, 1.54) is 11.9 Å². The molecular formula is C16H13N2O3+. The monoisotopic (exact) mass is 281 g/mol. The summed E-state index contributed by atoms with van der Waals surface area (Å²) in [5, 5.41) is 0. The van der Waals surface area contributed by atoms with Crippen molar-refractivity contribution in [2.24, 2.45) is 0 Å². The minimum Gasteiger partial charge on any atom is -0.270 e. The second-order valence-corrected chi connectivity index (χ2v) is 4.91. The van der Waals surface area contributed by atoms with Crippen LogP contribution in [0.25, 0.3) is 0 Å². The average Bonchev–Trinajstić information content (AvgIpc) is 2.73. The fourth-order valence-corrected chi connectivity index (χ4v) is 2.42.